The number of methoxy groups -OCH3 is 1. The first-order valence-corrected chi connectivity index (χ1v) is 7.16. The first-order chi connectivity index (χ1) is 9.12. The average molecular weight is 266 g/mol. The minimum absolute atomic E-state index is 0.414. The summed E-state index contributed by atoms with van der Waals surface area (Å²) >= 11 is 0. The quantitative estimate of drug-likeness (QED) is 0.757. The fourth-order valence-electron chi connectivity index (χ4n) is 2.51. The summed E-state index contributed by atoms with van der Waals surface area (Å²) in [4.78, 5) is 0. The van der Waals surface area contributed by atoms with Crippen molar-refractivity contribution in [3.8, 4) is 0 Å². The molecule has 0 atom stereocenters. The minimum Gasteiger partial charge on any atom is -0.394 e. The van der Waals surface area contributed by atoms with E-state index in [1.165, 1.54) is 12.8 Å². The van der Waals surface area contributed by atoms with Crippen LogP contribution in [-0.2, 0) is 18.2 Å². The average Bonchev–Trinajstić information content (AvgIpc) is 3.11. The first-order valence-electron chi connectivity index (χ1n) is 7.16. The van der Waals surface area contributed by atoms with Crippen LogP contribution in [0.4, 0.5) is 11.5 Å². The summed E-state index contributed by atoms with van der Waals surface area (Å²) in [6, 6.07) is 0. The predicted molar refractivity (Wildman–Crippen MR) is 78.3 cm³/mol. The third-order valence-corrected chi connectivity index (χ3v) is 4.07. The summed E-state index contributed by atoms with van der Waals surface area (Å²) in [5.41, 5.74) is 8.40. The van der Waals surface area contributed by atoms with Gasteiger partial charge in [-0.15, -0.1) is 0 Å². The maximum absolute atomic E-state index is 6.17. The van der Waals surface area contributed by atoms with Crippen molar-refractivity contribution in [1.29, 1.82) is 0 Å². The van der Waals surface area contributed by atoms with Crippen LogP contribution in [0.2, 0.25) is 0 Å². The summed E-state index contributed by atoms with van der Waals surface area (Å²) in [5.74, 6) is 0.965. The van der Waals surface area contributed by atoms with Gasteiger partial charge in [-0.05, 0) is 31.1 Å². The standard InChI is InChI=1S/C14H26N4O/c1-4-5-11-12(15)13(18(2)17-11)16-10-14(6-7-14)8-9-19-3/h16H,4-10,15H2,1-3H3. The largest absolute Gasteiger partial charge is 0.394 e. The van der Waals surface area contributed by atoms with Gasteiger partial charge in [0, 0.05) is 27.3 Å². The molecule has 1 aliphatic carbocycles. The van der Waals surface area contributed by atoms with E-state index in [2.05, 4.69) is 17.3 Å². The maximum Gasteiger partial charge on any atom is 0.147 e. The zero-order valence-electron chi connectivity index (χ0n) is 12.3. The summed E-state index contributed by atoms with van der Waals surface area (Å²) in [6.07, 6.45) is 5.69. The molecule has 0 aliphatic heterocycles. The molecule has 0 radical (unpaired) electrons. The number of aryl methyl sites for hydroxylation is 2. The van der Waals surface area contributed by atoms with Gasteiger partial charge in [-0.3, -0.25) is 4.68 Å². The van der Waals surface area contributed by atoms with Crippen LogP contribution >= 0.6 is 0 Å². The van der Waals surface area contributed by atoms with Gasteiger partial charge >= 0.3 is 0 Å². The fraction of sp³-hybridized carbons (Fsp3) is 0.786. The summed E-state index contributed by atoms with van der Waals surface area (Å²) < 4.78 is 7.05. The maximum atomic E-state index is 6.17. The molecule has 1 aliphatic rings. The Morgan fingerprint density at radius 2 is 2.21 bits per heavy atom. The summed E-state index contributed by atoms with van der Waals surface area (Å²) in [5, 5.41) is 7.98. The lowest BCUT2D eigenvalue weighted by atomic mass is 10.0. The lowest BCUT2D eigenvalue weighted by Gasteiger charge is -2.16. The summed E-state index contributed by atoms with van der Waals surface area (Å²) in [6.45, 7) is 3.94. The number of rotatable bonds is 8. The Hall–Kier alpha value is -1.23. The lowest BCUT2D eigenvalue weighted by Crippen LogP contribution is -2.19. The number of nitrogens with one attached hydrogen (secondary N) is 1. The molecule has 19 heavy (non-hydrogen) atoms. The van der Waals surface area contributed by atoms with E-state index in [9.17, 15) is 0 Å². The van der Waals surface area contributed by atoms with E-state index in [-0.39, 0.29) is 0 Å². The molecule has 1 fully saturated rings. The molecule has 108 valence electrons. The van der Waals surface area contributed by atoms with Gasteiger partial charge in [0.05, 0.1) is 11.4 Å². The Kier molecular flexibility index (Phi) is 4.34. The number of anilines is 2. The van der Waals surface area contributed by atoms with Crippen molar-refractivity contribution in [1.82, 2.24) is 9.78 Å². The van der Waals surface area contributed by atoms with Crippen LogP contribution in [0.1, 0.15) is 38.3 Å². The number of nitrogen functional groups attached to an aromatic ring is 1. The van der Waals surface area contributed by atoms with Crippen LogP contribution in [0.5, 0.6) is 0 Å². The summed E-state index contributed by atoms with van der Waals surface area (Å²) in [7, 11) is 3.71. The Morgan fingerprint density at radius 1 is 1.47 bits per heavy atom. The number of hydrogen-bond acceptors (Lipinski definition) is 4. The smallest absolute Gasteiger partial charge is 0.147 e. The van der Waals surface area contributed by atoms with E-state index in [1.54, 1.807) is 7.11 Å². The third kappa shape index (κ3) is 3.21. The number of hydrogen-bond donors (Lipinski definition) is 2. The van der Waals surface area contributed by atoms with Gasteiger partial charge < -0.3 is 15.8 Å². The Balaban J connectivity index is 1.96. The molecule has 0 spiro atoms. The molecule has 1 saturated carbocycles. The van der Waals surface area contributed by atoms with E-state index in [0.717, 1.165) is 49.6 Å². The molecule has 1 heterocycles. The highest BCUT2D eigenvalue weighted by Crippen LogP contribution is 2.48. The number of nitrogens with two attached hydrogens (primary N) is 1. The van der Waals surface area contributed by atoms with E-state index >= 15 is 0 Å². The molecule has 0 aromatic carbocycles. The minimum atomic E-state index is 0.414. The molecule has 1 aromatic heterocycles. The normalized spacial score (nSPS) is 16.6. The number of nitrogens with zero attached hydrogens (tertiary/aromatic N) is 2. The van der Waals surface area contributed by atoms with Crippen molar-refractivity contribution >= 4 is 11.5 Å². The molecule has 5 heteroatoms. The molecule has 0 bridgehead atoms. The second-order valence-corrected chi connectivity index (χ2v) is 5.68. The highest BCUT2D eigenvalue weighted by molar-refractivity contribution is 5.65. The van der Waals surface area contributed by atoms with Crippen LogP contribution in [-0.4, -0.2) is 30.0 Å². The van der Waals surface area contributed by atoms with Gasteiger partial charge in [-0.25, -0.2) is 0 Å². The molecular weight excluding hydrogens is 240 g/mol. The molecule has 3 N–H and O–H groups in total. The fourth-order valence-corrected chi connectivity index (χ4v) is 2.51. The van der Waals surface area contributed by atoms with Crippen LogP contribution in [0.25, 0.3) is 0 Å². The number of aromatic nitrogens is 2. The van der Waals surface area contributed by atoms with Crippen LogP contribution < -0.4 is 11.1 Å². The van der Waals surface area contributed by atoms with Gasteiger partial charge in [0.15, 0.2) is 0 Å². The first kappa shape index (κ1) is 14.2. The van der Waals surface area contributed by atoms with E-state index in [4.69, 9.17) is 10.5 Å². The highest BCUT2D eigenvalue weighted by atomic mass is 16.5. The lowest BCUT2D eigenvalue weighted by molar-refractivity contribution is 0.175. The predicted octanol–water partition coefficient (Wildman–Crippen LogP) is 2.18. The van der Waals surface area contributed by atoms with Crippen molar-refractivity contribution in [3.05, 3.63) is 5.69 Å². The van der Waals surface area contributed by atoms with Crippen molar-refractivity contribution in [2.75, 3.05) is 31.3 Å². The SMILES string of the molecule is CCCc1nn(C)c(NCC2(CCOC)CC2)c1N. The molecular formula is C14H26N4O. The van der Waals surface area contributed by atoms with Gasteiger partial charge in [0.2, 0.25) is 0 Å². The Bertz CT molecular complexity index is 423. The topological polar surface area (TPSA) is 65.1 Å². The van der Waals surface area contributed by atoms with E-state index in [0.29, 0.717) is 5.41 Å². The van der Waals surface area contributed by atoms with Crippen LogP contribution in [0, 0.1) is 5.41 Å². The van der Waals surface area contributed by atoms with E-state index < -0.39 is 0 Å². The zero-order valence-corrected chi connectivity index (χ0v) is 12.3. The zero-order chi connectivity index (χ0) is 13.9. The van der Waals surface area contributed by atoms with Crippen molar-refractivity contribution in [2.24, 2.45) is 12.5 Å². The molecule has 5 nitrogen and oxygen atoms in total. The van der Waals surface area contributed by atoms with Gasteiger partial charge in [0.25, 0.3) is 0 Å². The van der Waals surface area contributed by atoms with Crippen LogP contribution in [0.15, 0.2) is 0 Å². The van der Waals surface area contributed by atoms with Crippen LogP contribution in [0.3, 0.4) is 0 Å². The molecule has 0 unspecified atom stereocenters. The second-order valence-electron chi connectivity index (χ2n) is 5.68. The van der Waals surface area contributed by atoms with Gasteiger partial charge in [-0.1, -0.05) is 13.3 Å². The van der Waals surface area contributed by atoms with Gasteiger partial charge in [-0.2, -0.15) is 5.10 Å². The highest BCUT2D eigenvalue weighted by Gasteiger charge is 2.42. The van der Waals surface area contributed by atoms with Crippen molar-refractivity contribution < 1.29 is 4.74 Å². The number of ether oxygens (including phenoxy) is 1. The van der Waals surface area contributed by atoms with Gasteiger partial charge in [0.1, 0.15) is 5.82 Å². The molecule has 1 aromatic rings. The molecule has 0 saturated heterocycles. The Labute approximate surface area is 115 Å². The molecule has 2 rings (SSSR count). The second kappa shape index (κ2) is 5.82. The molecule has 0 amide bonds. The van der Waals surface area contributed by atoms with Crippen molar-refractivity contribution in [3.63, 3.8) is 0 Å². The Morgan fingerprint density at radius 3 is 2.79 bits per heavy atom. The monoisotopic (exact) mass is 266 g/mol. The third-order valence-electron chi connectivity index (χ3n) is 4.07. The van der Waals surface area contributed by atoms with Crippen molar-refractivity contribution in [2.45, 2.75) is 39.0 Å². The van der Waals surface area contributed by atoms with E-state index in [1.807, 2.05) is 11.7 Å².